The number of amides is 2. The lowest BCUT2D eigenvalue weighted by Crippen LogP contribution is -2.52. The molecule has 2 amide bonds. The number of primary amides is 1. The molecule has 5 N–H and O–H groups in total. The van der Waals surface area contributed by atoms with Gasteiger partial charge in [-0.2, -0.15) is 0 Å². The molecule has 1 heterocycles. The van der Waals surface area contributed by atoms with Gasteiger partial charge in [0.2, 0.25) is 6.41 Å². The van der Waals surface area contributed by atoms with Gasteiger partial charge in [0.05, 0.1) is 12.3 Å². The van der Waals surface area contributed by atoms with Gasteiger partial charge in [0.1, 0.15) is 0 Å². The van der Waals surface area contributed by atoms with Crippen LogP contribution in [0.3, 0.4) is 0 Å². The third-order valence-electron chi connectivity index (χ3n) is 3.22. The fourth-order valence-electron chi connectivity index (χ4n) is 2.14. The van der Waals surface area contributed by atoms with Crippen molar-refractivity contribution in [2.75, 3.05) is 13.2 Å². The van der Waals surface area contributed by atoms with E-state index in [1.54, 1.807) is 5.06 Å². The van der Waals surface area contributed by atoms with Gasteiger partial charge >= 0.3 is 0 Å². The molecule has 0 bridgehead atoms. The largest absolute Gasteiger partial charge is 0.367 e. The molecule has 8 nitrogen and oxygen atoms in total. The maximum atomic E-state index is 11.7. The molecule has 1 aromatic carbocycles. The minimum Gasteiger partial charge on any atom is -0.367 e. The summed E-state index contributed by atoms with van der Waals surface area (Å²) in [7, 11) is 0. The zero-order valence-corrected chi connectivity index (χ0v) is 13.6. The average molecular weight is 336 g/mol. The summed E-state index contributed by atoms with van der Waals surface area (Å²) < 4.78 is 0. The van der Waals surface area contributed by atoms with E-state index in [-0.39, 0.29) is 6.41 Å². The minimum atomic E-state index is -0.643. The van der Waals surface area contributed by atoms with Crippen LogP contribution in [0.5, 0.6) is 0 Å². The summed E-state index contributed by atoms with van der Waals surface area (Å²) >= 11 is 0. The summed E-state index contributed by atoms with van der Waals surface area (Å²) in [6.45, 7) is 3.28. The monoisotopic (exact) mass is 336 g/mol. The van der Waals surface area contributed by atoms with Crippen molar-refractivity contribution in [3.63, 3.8) is 0 Å². The predicted molar refractivity (Wildman–Crippen MR) is 89.1 cm³/mol. The zero-order valence-electron chi connectivity index (χ0n) is 13.6. The Bertz CT molecular complexity index is 536. The van der Waals surface area contributed by atoms with Gasteiger partial charge in [0.25, 0.3) is 5.91 Å². The quantitative estimate of drug-likeness (QED) is 0.239. The van der Waals surface area contributed by atoms with Crippen LogP contribution >= 0.6 is 0 Å². The van der Waals surface area contributed by atoms with Gasteiger partial charge in [-0.3, -0.25) is 25.0 Å². The number of benzene rings is 1. The second kappa shape index (κ2) is 11.2. The summed E-state index contributed by atoms with van der Waals surface area (Å²) in [5, 5.41) is 12.0. The molecule has 2 rings (SSSR count). The van der Waals surface area contributed by atoms with Gasteiger partial charge in [-0.25, -0.2) is 10.5 Å². The van der Waals surface area contributed by atoms with E-state index in [0.29, 0.717) is 6.61 Å². The molecule has 1 aromatic rings. The van der Waals surface area contributed by atoms with E-state index < -0.39 is 12.1 Å². The zero-order chi connectivity index (χ0) is 17.8. The summed E-state index contributed by atoms with van der Waals surface area (Å²) in [4.78, 5) is 26.0. The normalized spacial score (nSPS) is 14.2. The highest BCUT2D eigenvalue weighted by molar-refractivity contribution is 5.81. The first-order valence-electron chi connectivity index (χ1n) is 7.69. The number of hydrogen-bond acceptors (Lipinski definition) is 6. The highest BCUT2D eigenvalue weighted by Gasteiger charge is 2.29. The van der Waals surface area contributed by atoms with Crippen molar-refractivity contribution in [2.45, 2.75) is 25.9 Å². The van der Waals surface area contributed by atoms with Crippen LogP contribution in [-0.2, 0) is 14.4 Å². The molecular weight excluding hydrogens is 312 g/mol. The van der Waals surface area contributed by atoms with Crippen molar-refractivity contribution in [3.8, 4) is 0 Å². The predicted octanol–water partition coefficient (Wildman–Crippen LogP) is 0.597. The lowest BCUT2D eigenvalue weighted by molar-refractivity contribution is -0.149. The molecule has 8 heteroatoms. The van der Waals surface area contributed by atoms with Crippen molar-refractivity contribution in [3.05, 3.63) is 42.0 Å². The van der Waals surface area contributed by atoms with Gasteiger partial charge in [-0.05, 0) is 24.6 Å². The number of carbonyl (C=O) groups is 2. The molecule has 0 aromatic heterocycles. The Hall–Kier alpha value is -2.42. The van der Waals surface area contributed by atoms with E-state index in [1.807, 2.05) is 36.4 Å². The molecule has 0 spiro atoms. The molecule has 1 unspecified atom stereocenters. The van der Waals surface area contributed by atoms with Crippen molar-refractivity contribution >= 4 is 18.0 Å². The summed E-state index contributed by atoms with van der Waals surface area (Å²) in [5.41, 5.74) is 8.62. The first-order valence-corrected chi connectivity index (χ1v) is 7.69. The van der Waals surface area contributed by atoms with Crippen LogP contribution in [0.4, 0.5) is 0 Å². The van der Waals surface area contributed by atoms with Crippen LogP contribution in [0.15, 0.2) is 36.4 Å². The van der Waals surface area contributed by atoms with Gasteiger partial charge in [0, 0.05) is 0 Å². The lowest BCUT2D eigenvalue weighted by Gasteiger charge is -2.28. The van der Waals surface area contributed by atoms with Crippen LogP contribution in [0.25, 0.3) is 5.70 Å². The number of rotatable bonds is 8. The minimum absolute atomic E-state index is 0.181. The number of hydroxylamine groups is 3. The lowest BCUT2D eigenvalue weighted by atomic mass is 10.1. The van der Waals surface area contributed by atoms with Crippen LogP contribution in [0.2, 0.25) is 0 Å². The van der Waals surface area contributed by atoms with Gasteiger partial charge in [-0.1, -0.05) is 43.7 Å². The molecule has 0 saturated heterocycles. The number of hydrogen-bond donors (Lipinski definition) is 4. The summed E-state index contributed by atoms with van der Waals surface area (Å²) in [6.07, 6.45) is 3.53. The van der Waals surface area contributed by atoms with Crippen molar-refractivity contribution in [2.24, 2.45) is 5.73 Å². The molecule has 132 valence electrons. The standard InChI is InChI=1S/C15H21N3O2.CH3NO2/c1-2-3-10-17-15(14(16)19)18-13(9-11-20-18)12-7-5-4-6-8-12;3-1-2-4/h4-9,15,17H,2-3,10-11H2,1H3,(H2,16,19);1,4H,(H,2,3). The van der Waals surface area contributed by atoms with Gasteiger partial charge in [0.15, 0.2) is 6.17 Å². The molecule has 24 heavy (non-hydrogen) atoms. The summed E-state index contributed by atoms with van der Waals surface area (Å²) in [5.74, 6) is -0.440. The Balaban J connectivity index is 0.000000648. The second-order valence-electron chi connectivity index (χ2n) is 4.94. The smallest absolute Gasteiger partial charge is 0.257 e. The molecular formula is C16H24N4O4. The Morgan fingerprint density at radius 3 is 2.67 bits per heavy atom. The number of carbonyl (C=O) groups excluding carboxylic acids is 2. The van der Waals surface area contributed by atoms with E-state index in [4.69, 9.17) is 20.6 Å². The Labute approximate surface area is 141 Å². The topological polar surface area (TPSA) is 117 Å². The molecule has 0 aliphatic carbocycles. The maximum Gasteiger partial charge on any atom is 0.257 e. The van der Waals surface area contributed by atoms with Crippen LogP contribution < -0.4 is 16.5 Å². The molecule has 0 radical (unpaired) electrons. The van der Waals surface area contributed by atoms with Crippen LogP contribution in [-0.4, -0.2) is 41.9 Å². The fourth-order valence-corrected chi connectivity index (χ4v) is 2.14. The summed E-state index contributed by atoms with van der Waals surface area (Å²) in [6, 6.07) is 9.83. The van der Waals surface area contributed by atoms with Crippen molar-refractivity contribution < 1.29 is 19.6 Å². The third kappa shape index (κ3) is 5.99. The SMILES string of the molecule is CCCCNC(C(N)=O)N1OCC=C1c1ccccc1.O=CNO. The van der Waals surface area contributed by atoms with E-state index >= 15 is 0 Å². The second-order valence-corrected chi connectivity index (χ2v) is 4.94. The number of unbranched alkanes of at least 4 members (excludes halogenated alkanes) is 1. The molecule has 1 aliphatic heterocycles. The third-order valence-corrected chi connectivity index (χ3v) is 3.22. The maximum absolute atomic E-state index is 11.7. The number of nitrogens with one attached hydrogen (secondary N) is 2. The molecule has 1 aliphatic rings. The number of nitrogens with two attached hydrogens (primary N) is 1. The van der Waals surface area contributed by atoms with Crippen molar-refractivity contribution in [1.29, 1.82) is 0 Å². The Morgan fingerprint density at radius 2 is 2.12 bits per heavy atom. The van der Waals surface area contributed by atoms with Crippen LogP contribution in [0.1, 0.15) is 25.3 Å². The van der Waals surface area contributed by atoms with Gasteiger partial charge < -0.3 is 5.73 Å². The fraction of sp³-hybridized carbons (Fsp3) is 0.375. The average Bonchev–Trinajstić information content (AvgIpc) is 3.08. The van der Waals surface area contributed by atoms with Crippen molar-refractivity contribution in [1.82, 2.24) is 15.9 Å². The Morgan fingerprint density at radius 1 is 1.46 bits per heavy atom. The van der Waals surface area contributed by atoms with E-state index in [9.17, 15) is 4.79 Å². The number of nitrogens with zero attached hydrogens (tertiary/aromatic N) is 1. The molecule has 1 atom stereocenters. The molecule has 0 fully saturated rings. The Kier molecular flexibility index (Phi) is 9.13. The first kappa shape index (κ1) is 19.6. The van der Waals surface area contributed by atoms with E-state index in [0.717, 1.165) is 30.6 Å². The van der Waals surface area contributed by atoms with E-state index in [2.05, 4.69) is 12.2 Å². The highest BCUT2D eigenvalue weighted by atomic mass is 16.7. The molecule has 0 saturated carbocycles. The first-order chi connectivity index (χ1) is 11.7. The van der Waals surface area contributed by atoms with Gasteiger partial charge in [-0.15, -0.1) is 0 Å². The highest BCUT2D eigenvalue weighted by Crippen LogP contribution is 2.25. The van der Waals surface area contributed by atoms with E-state index in [1.165, 1.54) is 5.48 Å². The van der Waals surface area contributed by atoms with Crippen LogP contribution in [0, 0.1) is 0 Å².